The Labute approximate surface area is 121 Å². The first kappa shape index (κ1) is 16.5. The van der Waals surface area contributed by atoms with E-state index < -0.39 is 0 Å². The molecule has 0 aliphatic heterocycles. The van der Waals surface area contributed by atoms with Crippen LogP contribution in [0.5, 0.6) is 0 Å². The summed E-state index contributed by atoms with van der Waals surface area (Å²) < 4.78 is 5.08. The Balaban J connectivity index is 2.39. The lowest BCUT2D eigenvalue weighted by Crippen LogP contribution is -2.38. The third-order valence-electron chi connectivity index (χ3n) is 3.21. The zero-order chi connectivity index (χ0) is 14.8. The predicted molar refractivity (Wildman–Crippen MR) is 80.8 cm³/mol. The van der Waals surface area contributed by atoms with Gasteiger partial charge in [-0.1, -0.05) is 31.8 Å². The first-order chi connectivity index (χ1) is 9.69. The number of nitrogens with zero attached hydrogens (tertiary/aromatic N) is 3. The van der Waals surface area contributed by atoms with Gasteiger partial charge in [-0.2, -0.15) is 4.98 Å². The van der Waals surface area contributed by atoms with Crippen molar-refractivity contribution in [3.63, 3.8) is 0 Å². The van der Waals surface area contributed by atoms with Gasteiger partial charge >= 0.3 is 0 Å². The van der Waals surface area contributed by atoms with Crippen LogP contribution in [0.25, 0.3) is 0 Å². The van der Waals surface area contributed by atoms with Crippen molar-refractivity contribution in [2.75, 3.05) is 19.6 Å². The first-order valence-electron chi connectivity index (χ1n) is 7.50. The minimum Gasteiger partial charge on any atom is -0.357 e. The quantitative estimate of drug-likeness (QED) is 0.562. The molecule has 6 nitrogen and oxygen atoms in total. The number of nitrogens with one attached hydrogen (secondary N) is 2. The molecule has 0 saturated heterocycles. The molecule has 0 amide bonds. The van der Waals surface area contributed by atoms with Crippen LogP contribution in [0.3, 0.4) is 0 Å². The summed E-state index contributed by atoms with van der Waals surface area (Å²) in [6, 6.07) is 0. The van der Waals surface area contributed by atoms with Crippen molar-refractivity contribution in [2.45, 2.75) is 47.0 Å². The second kappa shape index (κ2) is 9.34. The van der Waals surface area contributed by atoms with Crippen LogP contribution in [0, 0.1) is 12.8 Å². The van der Waals surface area contributed by atoms with Crippen molar-refractivity contribution < 1.29 is 4.52 Å². The Bertz CT molecular complexity index is 398. The zero-order valence-electron chi connectivity index (χ0n) is 13.1. The van der Waals surface area contributed by atoms with Gasteiger partial charge in [0, 0.05) is 26.1 Å². The van der Waals surface area contributed by atoms with Crippen molar-refractivity contribution >= 4 is 5.96 Å². The topological polar surface area (TPSA) is 75.3 Å². The normalized spacial score (nSPS) is 11.9. The van der Waals surface area contributed by atoms with Gasteiger partial charge in [0.15, 0.2) is 11.8 Å². The average Bonchev–Trinajstić information content (AvgIpc) is 2.85. The van der Waals surface area contributed by atoms with Gasteiger partial charge in [0.25, 0.3) is 0 Å². The minimum absolute atomic E-state index is 0.657. The highest BCUT2D eigenvalue weighted by Crippen LogP contribution is 2.07. The van der Waals surface area contributed by atoms with Crippen LogP contribution < -0.4 is 10.6 Å². The summed E-state index contributed by atoms with van der Waals surface area (Å²) in [7, 11) is 0. The molecule has 1 rings (SSSR count). The summed E-state index contributed by atoms with van der Waals surface area (Å²) in [6.07, 6.45) is 3.04. The molecular formula is C14H27N5O. The molecule has 0 aromatic carbocycles. The van der Waals surface area contributed by atoms with E-state index in [1.807, 2.05) is 6.92 Å². The summed E-state index contributed by atoms with van der Waals surface area (Å²) in [6.45, 7) is 10.8. The lowest BCUT2D eigenvalue weighted by atomic mass is 10.0. The maximum atomic E-state index is 5.08. The fourth-order valence-electron chi connectivity index (χ4n) is 1.84. The summed E-state index contributed by atoms with van der Waals surface area (Å²) in [5, 5.41) is 10.3. The molecule has 0 aliphatic rings. The number of guanidine groups is 1. The minimum atomic E-state index is 0.657. The molecule has 0 unspecified atom stereocenters. The highest BCUT2D eigenvalue weighted by Gasteiger charge is 2.05. The van der Waals surface area contributed by atoms with Crippen LogP contribution in [-0.2, 0) is 6.42 Å². The molecule has 0 bridgehead atoms. The summed E-state index contributed by atoms with van der Waals surface area (Å²) in [5.41, 5.74) is 0. The maximum Gasteiger partial charge on any atom is 0.228 e. The van der Waals surface area contributed by atoms with Gasteiger partial charge in [0.2, 0.25) is 5.89 Å². The summed E-state index contributed by atoms with van der Waals surface area (Å²) in [5.74, 6) is 2.85. The Morgan fingerprint density at radius 2 is 2.00 bits per heavy atom. The van der Waals surface area contributed by atoms with Gasteiger partial charge < -0.3 is 15.2 Å². The fourth-order valence-corrected chi connectivity index (χ4v) is 1.84. The van der Waals surface area contributed by atoms with Crippen LogP contribution in [0.2, 0.25) is 0 Å². The molecule has 1 aromatic heterocycles. The highest BCUT2D eigenvalue weighted by atomic mass is 16.5. The SMILES string of the molecule is CCNC(=NCC(CC)CC)NCCc1nc(C)no1. The van der Waals surface area contributed by atoms with Crippen molar-refractivity contribution in [3.05, 3.63) is 11.7 Å². The molecule has 6 heteroatoms. The Morgan fingerprint density at radius 1 is 1.25 bits per heavy atom. The second-order valence-corrected chi connectivity index (χ2v) is 4.81. The molecule has 1 aromatic rings. The van der Waals surface area contributed by atoms with Gasteiger partial charge in [-0.05, 0) is 19.8 Å². The van der Waals surface area contributed by atoms with Crippen molar-refractivity contribution in [1.29, 1.82) is 0 Å². The molecule has 114 valence electrons. The molecule has 2 N–H and O–H groups in total. The van der Waals surface area contributed by atoms with Crippen molar-refractivity contribution in [1.82, 2.24) is 20.8 Å². The molecular weight excluding hydrogens is 254 g/mol. The highest BCUT2D eigenvalue weighted by molar-refractivity contribution is 5.79. The number of hydrogen-bond acceptors (Lipinski definition) is 4. The third-order valence-corrected chi connectivity index (χ3v) is 3.21. The van der Waals surface area contributed by atoms with Crippen molar-refractivity contribution in [2.24, 2.45) is 10.9 Å². The van der Waals surface area contributed by atoms with E-state index in [-0.39, 0.29) is 0 Å². The first-order valence-corrected chi connectivity index (χ1v) is 7.50. The Kier molecular flexibility index (Phi) is 7.69. The van der Waals surface area contributed by atoms with E-state index in [0.717, 1.165) is 25.6 Å². The van der Waals surface area contributed by atoms with Crippen LogP contribution in [-0.4, -0.2) is 35.7 Å². The number of aliphatic imine (C=N–C) groups is 1. The standard InChI is InChI=1S/C14H27N5O/c1-5-12(6-2)10-17-14(15-7-3)16-9-8-13-18-11(4)19-20-13/h12H,5-10H2,1-4H3,(H2,15,16,17). The van der Waals surface area contributed by atoms with E-state index in [1.54, 1.807) is 0 Å². The smallest absolute Gasteiger partial charge is 0.228 e. The van der Waals surface area contributed by atoms with Gasteiger partial charge in [-0.15, -0.1) is 0 Å². The fraction of sp³-hybridized carbons (Fsp3) is 0.786. The largest absolute Gasteiger partial charge is 0.357 e. The van der Waals surface area contributed by atoms with Crippen molar-refractivity contribution in [3.8, 4) is 0 Å². The molecule has 0 saturated carbocycles. The second-order valence-electron chi connectivity index (χ2n) is 4.81. The van der Waals surface area contributed by atoms with Gasteiger partial charge in [-0.3, -0.25) is 4.99 Å². The lowest BCUT2D eigenvalue weighted by Gasteiger charge is -2.13. The number of aryl methyl sites for hydroxylation is 1. The predicted octanol–water partition coefficient (Wildman–Crippen LogP) is 1.91. The molecule has 1 heterocycles. The third kappa shape index (κ3) is 6.04. The van der Waals surface area contributed by atoms with E-state index in [9.17, 15) is 0 Å². The molecule has 0 fully saturated rings. The van der Waals surface area contributed by atoms with Crippen LogP contribution >= 0.6 is 0 Å². The number of rotatable bonds is 8. The van der Waals surface area contributed by atoms with Gasteiger partial charge in [0.1, 0.15) is 0 Å². The molecule has 0 atom stereocenters. The van der Waals surface area contributed by atoms with E-state index in [1.165, 1.54) is 12.8 Å². The number of aromatic nitrogens is 2. The Morgan fingerprint density at radius 3 is 2.55 bits per heavy atom. The maximum absolute atomic E-state index is 5.08. The van der Waals surface area contributed by atoms with Gasteiger partial charge in [0.05, 0.1) is 0 Å². The van der Waals surface area contributed by atoms with Gasteiger partial charge in [-0.25, -0.2) is 0 Å². The van der Waals surface area contributed by atoms with Crippen LogP contribution in [0.1, 0.15) is 45.3 Å². The average molecular weight is 281 g/mol. The van der Waals surface area contributed by atoms with E-state index in [2.05, 4.69) is 46.5 Å². The zero-order valence-corrected chi connectivity index (χ0v) is 13.1. The number of hydrogen-bond donors (Lipinski definition) is 2. The monoisotopic (exact) mass is 281 g/mol. The Hall–Kier alpha value is -1.59. The van der Waals surface area contributed by atoms with E-state index >= 15 is 0 Å². The lowest BCUT2D eigenvalue weighted by molar-refractivity contribution is 0.374. The van der Waals surface area contributed by atoms with Crippen LogP contribution in [0.15, 0.2) is 9.52 Å². The summed E-state index contributed by atoms with van der Waals surface area (Å²) in [4.78, 5) is 8.80. The molecule has 0 aliphatic carbocycles. The molecule has 0 spiro atoms. The summed E-state index contributed by atoms with van der Waals surface area (Å²) >= 11 is 0. The van der Waals surface area contributed by atoms with E-state index in [0.29, 0.717) is 24.1 Å². The molecule has 20 heavy (non-hydrogen) atoms. The molecule has 0 radical (unpaired) electrons. The van der Waals surface area contributed by atoms with E-state index in [4.69, 9.17) is 4.52 Å². The van der Waals surface area contributed by atoms with Crippen LogP contribution in [0.4, 0.5) is 0 Å².